The van der Waals surface area contributed by atoms with Crippen molar-refractivity contribution < 1.29 is 8.78 Å². The number of halogens is 3. The number of tetrazole rings is 1. The molecule has 0 saturated carbocycles. The predicted molar refractivity (Wildman–Crippen MR) is 73.9 cm³/mol. The lowest BCUT2D eigenvalue weighted by atomic mass is 10.2. The third kappa shape index (κ3) is 2.55. The number of nitrogen functional groups attached to an aromatic ring is 1. The summed E-state index contributed by atoms with van der Waals surface area (Å²) in [6.07, 6.45) is 0. The molecule has 2 aromatic carbocycles. The Kier molecular flexibility index (Phi) is 3.26. The maximum Gasteiger partial charge on any atom is 0.188 e. The first-order chi connectivity index (χ1) is 10.0. The van der Waals surface area contributed by atoms with Gasteiger partial charge in [-0.3, -0.25) is 0 Å². The highest BCUT2D eigenvalue weighted by atomic mass is 35.5. The lowest BCUT2D eigenvalue weighted by molar-refractivity contribution is 0.579. The van der Waals surface area contributed by atoms with Crippen LogP contribution < -0.4 is 5.73 Å². The Morgan fingerprint density at radius 3 is 2.48 bits per heavy atom. The van der Waals surface area contributed by atoms with Crippen molar-refractivity contribution >= 4 is 17.3 Å². The number of rotatable bonds is 2. The summed E-state index contributed by atoms with van der Waals surface area (Å²) in [6.45, 7) is 0. The maximum absolute atomic E-state index is 13.3. The molecule has 3 rings (SSSR count). The van der Waals surface area contributed by atoms with Crippen molar-refractivity contribution in [3.8, 4) is 17.1 Å². The topological polar surface area (TPSA) is 69.6 Å². The van der Waals surface area contributed by atoms with Crippen LogP contribution in [0.4, 0.5) is 14.5 Å². The molecule has 1 heterocycles. The minimum Gasteiger partial charge on any atom is -0.399 e. The third-order valence-electron chi connectivity index (χ3n) is 2.79. The average Bonchev–Trinajstić information content (AvgIpc) is 2.89. The van der Waals surface area contributed by atoms with E-state index < -0.39 is 11.6 Å². The molecule has 5 nitrogen and oxygen atoms in total. The smallest absolute Gasteiger partial charge is 0.188 e. The molecule has 0 amide bonds. The highest BCUT2D eigenvalue weighted by Gasteiger charge is 2.15. The SMILES string of the molecule is Nc1ccc(Cl)c(-c2nnnn2-c2cc(F)cc(F)c2)c1. The van der Waals surface area contributed by atoms with E-state index in [2.05, 4.69) is 15.5 Å². The summed E-state index contributed by atoms with van der Waals surface area (Å²) < 4.78 is 27.8. The Balaban J connectivity index is 2.19. The molecular weight excluding hydrogens is 300 g/mol. The van der Waals surface area contributed by atoms with Gasteiger partial charge in [0, 0.05) is 17.3 Å². The van der Waals surface area contributed by atoms with E-state index in [0.29, 0.717) is 16.3 Å². The van der Waals surface area contributed by atoms with Crippen LogP contribution in [0.2, 0.25) is 5.02 Å². The van der Waals surface area contributed by atoms with Gasteiger partial charge in [0.15, 0.2) is 5.82 Å². The highest BCUT2D eigenvalue weighted by Crippen LogP contribution is 2.29. The summed E-state index contributed by atoms with van der Waals surface area (Å²) in [5, 5.41) is 11.5. The Hall–Kier alpha value is -2.54. The van der Waals surface area contributed by atoms with Gasteiger partial charge in [-0.1, -0.05) is 11.6 Å². The second-order valence-electron chi connectivity index (χ2n) is 4.28. The Bertz CT molecular complexity index is 798. The third-order valence-corrected chi connectivity index (χ3v) is 3.12. The summed E-state index contributed by atoms with van der Waals surface area (Å²) in [4.78, 5) is 0. The van der Waals surface area contributed by atoms with E-state index >= 15 is 0 Å². The highest BCUT2D eigenvalue weighted by molar-refractivity contribution is 6.33. The number of nitrogens with two attached hydrogens (primary N) is 1. The van der Waals surface area contributed by atoms with Crippen LogP contribution in [0.1, 0.15) is 0 Å². The van der Waals surface area contributed by atoms with Crippen LogP contribution in [0.5, 0.6) is 0 Å². The van der Waals surface area contributed by atoms with Gasteiger partial charge in [-0.2, -0.15) is 4.68 Å². The monoisotopic (exact) mass is 307 g/mol. The van der Waals surface area contributed by atoms with Gasteiger partial charge < -0.3 is 5.73 Å². The number of aromatic nitrogens is 4. The molecule has 0 atom stereocenters. The number of hydrogen-bond acceptors (Lipinski definition) is 4. The quantitative estimate of drug-likeness (QED) is 0.739. The molecule has 2 N–H and O–H groups in total. The van der Waals surface area contributed by atoms with Crippen LogP contribution in [0.25, 0.3) is 17.1 Å². The molecule has 0 spiro atoms. The molecule has 0 unspecified atom stereocenters. The molecule has 8 heteroatoms. The van der Waals surface area contributed by atoms with E-state index in [1.54, 1.807) is 18.2 Å². The number of benzene rings is 2. The van der Waals surface area contributed by atoms with Crippen LogP contribution in [-0.4, -0.2) is 20.2 Å². The average molecular weight is 308 g/mol. The standard InChI is InChI=1S/C13H8ClF2N5/c14-12-2-1-9(17)6-11(12)13-18-19-20-21(13)10-4-7(15)3-8(16)5-10/h1-6H,17H2. The molecule has 106 valence electrons. The largest absolute Gasteiger partial charge is 0.399 e. The van der Waals surface area contributed by atoms with Crippen molar-refractivity contribution in [2.45, 2.75) is 0 Å². The summed E-state index contributed by atoms with van der Waals surface area (Å²) in [6, 6.07) is 7.80. The van der Waals surface area contributed by atoms with Crippen molar-refractivity contribution in [2.75, 3.05) is 5.73 Å². The summed E-state index contributed by atoms with van der Waals surface area (Å²) in [5.41, 5.74) is 6.79. The molecular formula is C13H8ClF2N5. The fraction of sp³-hybridized carbons (Fsp3) is 0. The van der Waals surface area contributed by atoms with Crippen molar-refractivity contribution in [2.24, 2.45) is 0 Å². The molecule has 0 bridgehead atoms. The Morgan fingerprint density at radius 1 is 1.05 bits per heavy atom. The Labute approximate surface area is 123 Å². The van der Waals surface area contributed by atoms with E-state index in [1.807, 2.05) is 0 Å². The number of anilines is 1. The van der Waals surface area contributed by atoms with Gasteiger partial charge in [0.05, 0.1) is 10.7 Å². The summed E-state index contributed by atoms with van der Waals surface area (Å²) >= 11 is 6.10. The van der Waals surface area contributed by atoms with Gasteiger partial charge in [0.2, 0.25) is 0 Å². The molecule has 0 fully saturated rings. The molecule has 0 saturated heterocycles. The van der Waals surface area contributed by atoms with Gasteiger partial charge in [-0.05, 0) is 40.8 Å². The predicted octanol–water partition coefficient (Wildman–Crippen LogP) is 2.84. The van der Waals surface area contributed by atoms with Crippen molar-refractivity contribution in [3.05, 3.63) is 53.1 Å². The molecule has 3 aromatic rings. The lowest BCUT2D eigenvalue weighted by Crippen LogP contribution is -2.02. The molecule has 1 aromatic heterocycles. The first kappa shape index (κ1) is 13.4. The minimum atomic E-state index is -0.731. The Morgan fingerprint density at radius 2 is 1.76 bits per heavy atom. The van der Waals surface area contributed by atoms with E-state index in [0.717, 1.165) is 18.2 Å². The van der Waals surface area contributed by atoms with Gasteiger partial charge in [-0.25, -0.2) is 8.78 Å². The lowest BCUT2D eigenvalue weighted by Gasteiger charge is -2.07. The summed E-state index contributed by atoms with van der Waals surface area (Å²) in [7, 11) is 0. The van der Waals surface area contributed by atoms with E-state index in [1.165, 1.54) is 4.68 Å². The van der Waals surface area contributed by atoms with Crippen LogP contribution >= 0.6 is 11.6 Å². The van der Waals surface area contributed by atoms with E-state index in [-0.39, 0.29) is 11.5 Å². The molecule has 21 heavy (non-hydrogen) atoms. The molecule has 0 aliphatic rings. The van der Waals surface area contributed by atoms with Crippen molar-refractivity contribution in [3.63, 3.8) is 0 Å². The van der Waals surface area contributed by atoms with Gasteiger partial charge in [0.25, 0.3) is 0 Å². The number of hydrogen-bond donors (Lipinski definition) is 1. The normalized spacial score (nSPS) is 10.8. The van der Waals surface area contributed by atoms with Crippen molar-refractivity contribution in [1.29, 1.82) is 0 Å². The maximum atomic E-state index is 13.3. The minimum absolute atomic E-state index is 0.144. The van der Waals surface area contributed by atoms with Crippen LogP contribution in [0, 0.1) is 11.6 Å². The first-order valence-corrected chi connectivity index (χ1v) is 6.22. The van der Waals surface area contributed by atoms with E-state index in [9.17, 15) is 8.78 Å². The van der Waals surface area contributed by atoms with Crippen molar-refractivity contribution in [1.82, 2.24) is 20.2 Å². The zero-order valence-corrected chi connectivity index (χ0v) is 11.2. The van der Waals surface area contributed by atoms with Crippen LogP contribution in [0.15, 0.2) is 36.4 Å². The number of nitrogens with zero attached hydrogens (tertiary/aromatic N) is 4. The second kappa shape index (κ2) is 5.10. The summed E-state index contributed by atoms with van der Waals surface area (Å²) in [5.74, 6) is -1.23. The van der Waals surface area contributed by atoms with Crippen LogP contribution in [0.3, 0.4) is 0 Å². The van der Waals surface area contributed by atoms with Gasteiger partial charge in [0.1, 0.15) is 11.6 Å². The first-order valence-electron chi connectivity index (χ1n) is 5.85. The fourth-order valence-electron chi connectivity index (χ4n) is 1.90. The van der Waals surface area contributed by atoms with E-state index in [4.69, 9.17) is 17.3 Å². The zero-order chi connectivity index (χ0) is 15.0. The fourth-order valence-corrected chi connectivity index (χ4v) is 2.11. The molecule has 0 radical (unpaired) electrons. The second-order valence-corrected chi connectivity index (χ2v) is 4.69. The van der Waals surface area contributed by atoms with Crippen LogP contribution in [-0.2, 0) is 0 Å². The zero-order valence-electron chi connectivity index (χ0n) is 10.5. The van der Waals surface area contributed by atoms with Gasteiger partial charge in [-0.15, -0.1) is 5.10 Å². The van der Waals surface area contributed by atoms with Gasteiger partial charge >= 0.3 is 0 Å². The molecule has 0 aliphatic heterocycles. The molecule has 0 aliphatic carbocycles.